The van der Waals surface area contributed by atoms with Crippen molar-refractivity contribution in [3.63, 3.8) is 0 Å². The van der Waals surface area contributed by atoms with E-state index >= 15 is 0 Å². The topological polar surface area (TPSA) is 68.1 Å². The maximum atomic E-state index is 11.9. The van der Waals surface area contributed by atoms with E-state index < -0.39 is 5.97 Å². The van der Waals surface area contributed by atoms with E-state index in [0.29, 0.717) is 13.2 Å². The smallest absolute Gasteiger partial charge is 0.304 e. The van der Waals surface area contributed by atoms with Crippen LogP contribution in [0, 0.1) is 10.8 Å². The highest BCUT2D eigenvalue weighted by molar-refractivity contribution is 6.03. The van der Waals surface area contributed by atoms with Crippen LogP contribution in [0.3, 0.4) is 0 Å². The normalized spacial score (nSPS) is 24.1. The zero-order valence-corrected chi connectivity index (χ0v) is 27.0. The molecule has 0 saturated heterocycles. The molecule has 0 bridgehead atoms. The van der Waals surface area contributed by atoms with E-state index in [1.165, 1.54) is 16.7 Å². The Bertz CT molecular complexity index is 1710. The average Bonchev–Trinajstić information content (AvgIpc) is 3.05. The van der Waals surface area contributed by atoms with Crippen molar-refractivity contribution in [2.45, 2.75) is 58.8 Å². The molecule has 6 rings (SSSR count). The number of rotatable bonds is 10. The number of ether oxygens (including phenoxy) is 2. The summed E-state index contributed by atoms with van der Waals surface area (Å²) >= 11 is 0. The van der Waals surface area contributed by atoms with Crippen LogP contribution < -0.4 is 9.47 Å². The highest BCUT2D eigenvalue weighted by atomic mass is 16.5. The van der Waals surface area contributed by atoms with Crippen LogP contribution in [0.15, 0.2) is 137 Å². The molecule has 46 heavy (non-hydrogen) atoms. The Morgan fingerprint density at radius 3 is 2.24 bits per heavy atom. The van der Waals surface area contributed by atoms with Gasteiger partial charge in [-0.3, -0.25) is 9.79 Å². The Kier molecular flexibility index (Phi) is 9.12. The average molecular weight is 614 g/mol. The van der Waals surface area contributed by atoms with Crippen molar-refractivity contribution < 1.29 is 19.4 Å². The van der Waals surface area contributed by atoms with E-state index in [0.717, 1.165) is 59.7 Å². The third kappa shape index (κ3) is 7.09. The van der Waals surface area contributed by atoms with Gasteiger partial charge < -0.3 is 14.6 Å². The largest absolute Gasteiger partial charge is 0.489 e. The summed E-state index contributed by atoms with van der Waals surface area (Å²) in [6.45, 7) is 7.60. The van der Waals surface area contributed by atoms with Crippen LogP contribution in [-0.4, -0.2) is 30.0 Å². The Balaban J connectivity index is 1.09. The van der Waals surface area contributed by atoms with Crippen molar-refractivity contribution in [3.8, 4) is 11.5 Å². The van der Waals surface area contributed by atoms with Gasteiger partial charge in [0.15, 0.2) is 0 Å². The molecule has 5 heteroatoms. The van der Waals surface area contributed by atoms with Gasteiger partial charge in [0.2, 0.25) is 0 Å². The van der Waals surface area contributed by atoms with Gasteiger partial charge >= 0.3 is 5.97 Å². The van der Waals surface area contributed by atoms with Gasteiger partial charge in [0.25, 0.3) is 0 Å². The minimum absolute atomic E-state index is 0.00716. The molecule has 1 aliphatic heterocycles. The van der Waals surface area contributed by atoms with E-state index in [4.69, 9.17) is 14.5 Å². The first-order valence-electron chi connectivity index (χ1n) is 16.3. The zero-order valence-electron chi connectivity index (χ0n) is 27.0. The highest BCUT2D eigenvalue weighted by Gasteiger charge is 2.30. The Morgan fingerprint density at radius 1 is 0.848 bits per heavy atom. The van der Waals surface area contributed by atoms with Crippen LogP contribution in [0.2, 0.25) is 0 Å². The summed E-state index contributed by atoms with van der Waals surface area (Å²) in [5.41, 5.74) is 7.93. The molecule has 3 aliphatic carbocycles. The molecular formula is C41H43NO4. The molecule has 2 aromatic rings. The number of hydrogen-bond acceptors (Lipinski definition) is 4. The number of fused-ring (bicyclic) bond motifs is 2. The first kappa shape index (κ1) is 31.3. The summed E-state index contributed by atoms with van der Waals surface area (Å²) in [6.07, 6.45) is 25.8. The summed E-state index contributed by atoms with van der Waals surface area (Å²) in [7, 11) is 0. The lowest BCUT2D eigenvalue weighted by atomic mass is 9.72. The van der Waals surface area contributed by atoms with Gasteiger partial charge in [0.1, 0.15) is 24.7 Å². The standard InChI is InChI=1S/C41H43NO4/c1-29-10-15-33-8-4-6-22-40(33,2)24-20-32(29)27-45-35-16-11-30(12-17-35)37(26-39(43)44)31-13-18-36(19-14-31)46-28-34-21-25-41(3)23-7-5-9-38(41)42-34/h4-9,11-14,16-21,23-24,37H,10,15,22,25-28H2,1-3H3,(H,43,44). The molecule has 0 fully saturated rings. The first-order chi connectivity index (χ1) is 22.2. The summed E-state index contributed by atoms with van der Waals surface area (Å²) < 4.78 is 12.3. The Morgan fingerprint density at radius 2 is 1.54 bits per heavy atom. The number of carboxylic acid groups (broad SMARTS) is 1. The molecule has 1 N–H and O–H groups in total. The predicted octanol–water partition coefficient (Wildman–Crippen LogP) is 9.47. The van der Waals surface area contributed by atoms with Crippen LogP contribution in [0.25, 0.3) is 0 Å². The van der Waals surface area contributed by atoms with Gasteiger partial charge in [-0.25, -0.2) is 0 Å². The second-order valence-corrected chi connectivity index (χ2v) is 13.3. The number of aliphatic carboxylic acids is 1. The fourth-order valence-electron chi connectivity index (χ4n) is 6.61. The molecule has 0 radical (unpaired) electrons. The van der Waals surface area contributed by atoms with Crippen molar-refractivity contribution >= 4 is 11.7 Å². The minimum atomic E-state index is -0.841. The van der Waals surface area contributed by atoms with Crippen molar-refractivity contribution in [1.29, 1.82) is 0 Å². The summed E-state index contributed by atoms with van der Waals surface area (Å²) in [5.74, 6) is 0.365. The van der Waals surface area contributed by atoms with Crippen molar-refractivity contribution in [3.05, 3.63) is 143 Å². The molecule has 0 saturated carbocycles. The summed E-state index contributed by atoms with van der Waals surface area (Å²) in [4.78, 5) is 16.7. The number of carbonyl (C=O) groups is 1. The van der Waals surface area contributed by atoms with Gasteiger partial charge in [-0.1, -0.05) is 104 Å². The van der Waals surface area contributed by atoms with E-state index in [2.05, 4.69) is 75.5 Å². The fourth-order valence-corrected chi connectivity index (χ4v) is 6.61. The molecular weight excluding hydrogens is 570 g/mol. The predicted molar refractivity (Wildman–Crippen MR) is 186 cm³/mol. The van der Waals surface area contributed by atoms with E-state index in [9.17, 15) is 9.90 Å². The maximum Gasteiger partial charge on any atom is 0.304 e. The van der Waals surface area contributed by atoms with Crippen LogP contribution in [0.1, 0.15) is 69.9 Å². The third-order valence-corrected chi connectivity index (χ3v) is 9.84. The van der Waals surface area contributed by atoms with E-state index in [1.54, 1.807) is 0 Å². The molecule has 3 unspecified atom stereocenters. The highest BCUT2D eigenvalue weighted by Crippen LogP contribution is 2.41. The SMILES string of the molecule is CC1=C(COc2ccc(C(CC(=O)O)c3ccc(OCC4=CCC5(C)C=CC=CC5=N4)cc3)cc2)C=CC2(C)CC=CC=C2CC1. The fraction of sp³-hybridized carbons (Fsp3) is 0.317. The summed E-state index contributed by atoms with van der Waals surface area (Å²) in [6, 6.07) is 15.6. The monoisotopic (exact) mass is 613 g/mol. The third-order valence-electron chi connectivity index (χ3n) is 9.84. The van der Waals surface area contributed by atoms with Crippen molar-refractivity contribution in [2.75, 3.05) is 13.2 Å². The second-order valence-electron chi connectivity index (χ2n) is 13.3. The quantitative estimate of drug-likeness (QED) is 0.290. The van der Waals surface area contributed by atoms with Gasteiger partial charge in [-0.05, 0) is 79.6 Å². The van der Waals surface area contributed by atoms with E-state index in [1.807, 2.05) is 54.6 Å². The van der Waals surface area contributed by atoms with Gasteiger partial charge in [0.05, 0.1) is 17.8 Å². The lowest BCUT2D eigenvalue weighted by Gasteiger charge is -2.32. The van der Waals surface area contributed by atoms with Gasteiger partial charge in [0, 0.05) is 16.7 Å². The minimum Gasteiger partial charge on any atom is -0.489 e. The number of carboxylic acids is 1. The lowest BCUT2D eigenvalue weighted by molar-refractivity contribution is -0.137. The maximum absolute atomic E-state index is 11.9. The van der Waals surface area contributed by atoms with Crippen LogP contribution in [0.4, 0.5) is 0 Å². The second kappa shape index (κ2) is 13.4. The summed E-state index contributed by atoms with van der Waals surface area (Å²) in [5, 5.41) is 9.74. The molecule has 1 heterocycles. The number of hydrogen-bond donors (Lipinski definition) is 1. The number of allylic oxidation sites excluding steroid dienone is 11. The number of benzene rings is 2. The van der Waals surface area contributed by atoms with Crippen LogP contribution in [0.5, 0.6) is 11.5 Å². The van der Waals surface area contributed by atoms with Crippen molar-refractivity contribution in [1.82, 2.24) is 0 Å². The van der Waals surface area contributed by atoms with Crippen molar-refractivity contribution in [2.24, 2.45) is 15.8 Å². The Hall–Kier alpha value is -4.64. The zero-order chi connectivity index (χ0) is 32.1. The first-order valence-corrected chi connectivity index (χ1v) is 16.3. The molecule has 5 nitrogen and oxygen atoms in total. The molecule has 236 valence electrons. The van der Waals surface area contributed by atoms with Crippen LogP contribution >= 0.6 is 0 Å². The van der Waals surface area contributed by atoms with Crippen LogP contribution in [-0.2, 0) is 4.79 Å². The Labute approximate surface area is 272 Å². The van der Waals surface area contributed by atoms with E-state index in [-0.39, 0.29) is 23.2 Å². The number of aliphatic imine (C=N–C) groups is 1. The molecule has 0 spiro atoms. The van der Waals surface area contributed by atoms with Gasteiger partial charge in [-0.15, -0.1) is 0 Å². The number of nitrogens with zero attached hydrogens (tertiary/aromatic N) is 1. The molecule has 0 aromatic heterocycles. The molecule has 2 aromatic carbocycles. The molecule has 3 atom stereocenters. The molecule has 4 aliphatic rings. The van der Waals surface area contributed by atoms with Gasteiger partial charge in [-0.2, -0.15) is 0 Å². The lowest BCUT2D eigenvalue weighted by Crippen LogP contribution is -2.28. The molecule has 0 amide bonds.